The van der Waals surface area contributed by atoms with Crippen molar-refractivity contribution < 1.29 is 9.53 Å². The Kier molecular flexibility index (Phi) is 4.09. The summed E-state index contributed by atoms with van der Waals surface area (Å²) in [5.74, 6) is 1.14. The van der Waals surface area contributed by atoms with Crippen LogP contribution in [0.1, 0.15) is 37.1 Å². The van der Waals surface area contributed by atoms with Crippen molar-refractivity contribution in [1.29, 1.82) is 0 Å². The molecular weight excluding hydrogens is 422 g/mol. The molecule has 0 radical (unpaired) electrons. The molecule has 9 nitrogen and oxygen atoms in total. The molecule has 6 rings (SSSR count). The van der Waals surface area contributed by atoms with E-state index in [1.54, 1.807) is 22.2 Å². The number of hydrogen-bond acceptors (Lipinski definition) is 8. The van der Waals surface area contributed by atoms with Gasteiger partial charge in [-0.3, -0.25) is 4.79 Å². The lowest BCUT2D eigenvalue weighted by atomic mass is 9.94. The van der Waals surface area contributed by atoms with Crippen LogP contribution in [0.4, 0.5) is 0 Å². The molecule has 4 aromatic heterocycles. The van der Waals surface area contributed by atoms with Crippen molar-refractivity contribution in [3.63, 3.8) is 0 Å². The summed E-state index contributed by atoms with van der Waals surface area (Å²) in [6.07, 6.45) is 4.55. The van der Waals surface area contributed by atoms with E-state index in [4.69, 9.17) is 4.74 Å². The summed E-state index contributed by atoms with van der Waals surface area (Å²) in [6, 6.07) is 0. The van der Waals surface area contributed by atoms with E-state index in [0.717, 1.165) is 48.2 Å². The largest absolute Gasteiger partial charge is 0.370 e. The van der Waals surface area contributed by atoms with Gasteiger partial charge in [-0.15, -0.1) is 21.5 Å². The average molecular weight is 444 g/mol. The molecule has 156 valence electrons. The minimum atomic E-state index is -0.222. The molecule has 0 bridgehead atoms. The standard InChI is InChI=1S/C19H21N7O2S2/c1-19(2)7-11-12(8-28-19)30-16-14(11)15-20-10-21-26(15)17-22-23-18(25(16)17)29-9-13(27)24-5-3-4-6-24/h10H,3-9H2,1-2H3. The number of amides is 1. The van der Waals surface area contributed by atoms with Crippen LogP contribution >= 0.6 is 23.1 Å². The number of hydrogen-bond donors (Lipinski definition) is 0. The third kappa shape index (κ3) is 2.75. The summed E-state index contributed by atoms with van der Waals surface area (Å²) in [4.78, 5) is 21.3. The Morgan fingerprint density at radius 2 is 2.13 bits per heavy atom. The van der Waals surface area contributed by atoms with Crippen LogP contribution in [0.15, 0.2) is 11.5 Å². The number of thiophene rings is 1. The first-order valence-corrected chi connectivity index (χ1v) is 11.9. The zero-order valence-corrected chi connectivity index (χ0v) is 18.4. The van der Waals surface area contributed by atoms with E-state index in [1.165, 1.54) is 22.2 Å². The Morgan fingerprint density at radius 3 is 2.97 bits per heavy atom. The molecule has 30 heavy (non-hydrogen) atoms. The van der Waals surface area contributed by atoms with Gasteiger partial charge in [0.2, 0.25) is 5.91 Å². The summed E-state index contributed by atoms with van der Waals surface area (Å²) in [6.45, 7) is 6.53. The number of carbonyl (C=O) groups excluding carboxylic acids is 1. The second-order valence-electron chi connectivity index (χ2n) is 8.40. The van der Waals surface area contributed by atoms with Gasteiger partial charge in [0.25, 0.3) is 5.78 Å². The zero-order chi connectivity index (χ0) is 20.5. The second-order valence-corrected chi connectivity index (χ2v) is 10.4. The van der Waals surface area contributed by atoms with Gasteiger partial charge in [-0.1, -0.05) is 11.8 Å². The Morgan fingerprint density at radius 1 is 1.30 bits per heavy atom. The molecule has 1 fully saturated rings. The Hall–Kier alpha value is -2.24. The molecule has 11 heteroatoms. The topological polar surface area (TPSA) is 89.9 Å². The molecule has 4 aromatic rings. The lowest BCUT2D eigenvalue weighted by Crippen LogP contribution is -2.31. The van der Waals surface area contributed by atoms with Gasteiger partial charge in [0, 0.05) is 24.4 Å². The highest BCUT2D eigenvalue weighted by Gasteiger charge is 2.32. The molecule has 1 amide bonds. The van der Waals surface area contributed by atoms with Crippen molar-refractivity contribution in [3.8, 4) is 0 Å². The fourth-order valence-corrected chi connectivity index (χ4v) is 6.46. The van der Waals surface area contributed by atoms with Gasteiger partial charge in [0.1, 0.15) is 11.2 Å². The van der Waals surface area contributed by atoms with Crippen LogP contribution in [0.25, 0.3) is 21.6 Å². The van der Waals surface area contributed by atoms with Crippen LogP contribution in [0.5, 0.6) is 0 Å². The van der Waals surface area contributed by atoms with E-state index in [9.17, 15) is 4.79 Å². The summed E-state index contributed by atoms with van der Waals surface area (Å²) in [5, 5.41) is 15.0. The van der Waals surface area contributed by atoms with E-state index in [-0.39, 0.29) is 11.5 Å². The van der Waals surface area contributed by atoms with E-state index >= 15 is 0 Å². The number of fused-ring (bicyclic) bond motifs is 8. The van der Waals surface area contributed by atoms with Gasteiger partial charge in [-0.2, -0.15) is 9.61 Å². The van der Waals surface area contributed by atoms with Gasteiger partial charge >= 0.3 is 0 Å². The highest BCUT2D eigenvalue weighted by molar-refractivity contribution is 7.99. The van der Waals surface area contributed by atoms with Crippen molar-refractivity contribution in [3.05, 3.63) is 16.8 Å². The number of ether oxygens (including phenoxy) is 1. The molecule has 0 spiro atoms. The molecule has 0 aliphatic carbocycles. The molecule has 1 saturated heterocycles. The van der Waals surface area contributed by atoms with Crippen LogP contribution < -0.4 is 0 Å². The maximum absolute atomic E-state index is 12.5. The first-order chi connectivity index (χ1) is 14.5. The van der Waals surface area contributed by atoms with E-state index in [0.29, 0.717) is 23.3 Å². The number of rotatable bonds is 3. The molecule has 0 atom stereocenters. The number of nitrogens with zero attached hydrogens (tertiary/aromatic N) is 7. The monoisotopic (exact) mass is 443 g/mol. The Bertz CT molecular complexity index is 1300. The minimum Gasteiger partial charge on any atom is -0.370 e. The summed E-state index contributed by atoms with van der Waals surface area (Å²) < 4.78 is 9.82. The van der Waals surface area contributed by atoms with Crippen LogP contribution in [0.3, 0.4) is 0 Å². The zero-order valence-electron chi connectivity index (χ0n) is 16.8. The van der Waals surface area contributed by atoms with Gasteiger partial charge in [-0.05, 0) is 32.3 Å². The third-order valence-electron chi connectivity index (χ3n) is 5.83. The lowest BCUT2D eigenvalue weighted by molar-refractivity contribution is -0.127. The number of carbonyl (C=O) groups is 1. The molecule has 0 aromatic carbocycles. The summed E-state index contributed by atoms with van der Waals surface area (Å²) >= 11 is 3.13. The Labute approximate surface area is 180 Å². The molecular formula is C19H21N7O2S2. The number of likely N-dealkylation sites (tertiary alicyclic amines) is 1. The van der Waals surface area contributed by atoms with Gasteiger partial charge in [0.15, 0.2) is 10.8 Å². The van der Waals surface area contributed by atoms with Crippen LogP contribution in [0, 0.1) is 0 Å². The summed E-state index contributed by atoms with van der Waals surface area (Å²) in [5.41, 5.74) is 1.84. The molecule has 2 aliphatic heterocycles. The molecule has 6 heterocycles. The van der Waals surface area contributed by atoms with Crippen molar-refractivity contribution in [2.24, 2.45) is 0 Å². The van der Waals surface area contributed by atoms with Crippen LogP contribution in [0.2, 0.25) is 0 Å². The van der Waals surface area contributed by atoms with E-state index in [2.05, 4.69) is 34.1 Å². The first-order valence-electron chi connectivity index (χ1n) is 10.1. The SMILES string of the molecule is CC1(C)Cc2c(sc3c2c2ncnn2c2nnc(SCC(=O)N4CCCC4)n32)CO1. The van der Waals surface area contributed by atoms with Crippen LogP contribution in [-0.2, 0) is 22.6 Å². The summed E-state index contributed by atoms with van der Waals surface area (Å²) in [7, 11) is 0. The quantitative estimate of drug-likeness (QED) is 0.450. The second kappa shape index (κ2) is 6.63. The minimum absolute atomic E-state index is 0.160. The third-order valence-corrected chi connectivity index (χ3v) is 7.94. The fourth-order valence-electron chi connectivity index (χ4n) is 4.34. The smallest absolute Gasteiger partial charge is 0.260 e. The van der Waals surface area contributed by atoms with Crippen molar-refractivity contribution >= 4 is 50.6 Å². The van der Waals surface area contributed by atoms with Crippen molar-refractivity contribution in [2.45, 2.75) is 50.5 Å². The maximum Gasteiger partial charge on any atom is 0.260 e. The Balaban J connectivity index is 1.50. The van der Waals surface area contributed by atoms with Gasteiger partial charge < -0.3 is 9.64 Å². The maximum atomic E-state index is 12.5. The first kappa shape index (κ1) is 18.5. The molecule has 0 saturated carbocycles. The number of aromatic nitrogens is 6. The fraction of sp³-hybridized carbons (Fsp3) is 0.526. The highest BCUT2D eigenvalue weighted by Crippen LogP contribution is 2.41. The predicted molar refractivity (Wildman–Crippen MR) is 114 cm³/mol. The lowest BCUT2D eigenvalue weighted by Gasteiger charge is -2.30. The average Bonchev–Trinajstić information content (AvgIpc) is 3.49. The van der Waals surface area contributed by atoms with E-state index in [1.807, 2.05) is 9.30 Å². The highest BCUT2D eigenvalue weighted by atomic mass is 32.2. The molecule has 0 N–H and O–H groups in total. The van der Waals surface area contributed by atoms with Gasteiger partial charge in [-0.25, -0.2) is 9.38 Å². The number of thioether (sulfide) groups is 1. The van der Waals surface area contributed by atoms with Crippen LogP contribution in [-0.4, -0.2) is 64.4 Å². The van der Waals surface area contributed by atoms with E-state index < -0.39 is 0 Å². The molecule has 2 aliphatic rings. The van der Waals surface area contributed by atoms with Gasteiger partial charge in [0.05, 0.1) is 23.3 Å². The normalized spacial score (nSPS) is 18.7. The van der Waals surface area contributed by atoms with Crippen molar-refractivity contribution in [1.82, 2.24) is 34.1 Å². The molecule has 0 unspecified atom stereocenters. The predicted octanol–water partition coefficient (Wildman–Crippen LogP) is 2.55. The van der Waals surface area contributed by atoms with Crippen molar-refractivity contribution in [2.75, 3.05) is 18.8 Å².